The Balaban J connectivity index is 2.58. The van der Waals surface area contributed by atoms with Gasteiger partial charge in [-0.15, -0.1) is 12.6 Å². The molecular formula is C15H18N2OS. The Morgan fingerprint density at radius 3 is 2.53 bits per heavy atom. The van der Waals surface area contributed by atoms with E-state index in [1.807, 2.05) is 24.4 Å². The van der Waals surface area contributed by atoms with E-state index in [4.69, 9.17) is 5.73 Å². The van der Waals surface area contributed by atoms with E-state index in [1.54, 1.807) is 11.6 Å². The minimum absolute atomic E-state index is 0.0727. The van der Waals surface area contributed by atoms with Gasteiger partial charge in [-0.3, -0.25) is 4.79 Å². The summed E-state index contributed by atoms with van der Waals surface area (Å²) in [6.45, 7) is 2.32. The summed E-state index contributed by atoms with van der Waals surface area (Å²) in [4.78, 5) is 12.7. The minimum atomic E-state index is -0.0727. The van der Waals surface area contributed by atoms with E-state index < -0.39 is 0 Å². The Labute approximate surface area is 118 Å². The number of hydrogen-bond donors (Lipinski definition) is 2. The van der Waals surface area contributed by atoms with Gasteiger partial charge in [0.1, 0.15) is 0 Å². The first-order valence-electron chi connectivity index (χ1n) is 6.22. The van der Waals surface area contributed by atoms with Gasteiger partial charge in [-0.1, -0.05) is 37.3 Å². The van der Waals surface area contributed by atoms with Crippen LogP contribution < -0.4 is 11.3 Å². The fourth-order valence-corrected chi connectivity index (χ4v) is 2.68. The Bertz CT molecular complexity index is 635. The molecular weight excluding hydrogens is 256 g/mol. The SMILES string of the molecule is CC(c1ccccc1)c1cn(C)c(=O)c(CN)c1S. The van der Waals surface area contributed by atoms with Crippen molar-refractivity contribution in [3.8, 4) is 0 Å². The molecule has 0 fully saturated rings. The van der Waals surface area contributed by atoms with Crippen LogP contribution in [0.3, 0.4) is 0 Å². The van der Waals surface area contributed by atoms with Crippen molar-refractivity contribution in [2.75, 3.05) is 0 Å². The van der Waals surface area contributed by atoms with Crippen molar-refractivity contribution < 1.29 is 0 Å². The van der Waals surface area contributed by atoms with Gasteiger partial charge in [0, 0.05) is 36.2 Å². The summed E-state index contributed by atoms with van der Waals surface area (Å²) in [5.74, 6) is 0.172. The maximum absolute atomic E-state index is 12.0. The molecule has 0 spiro atoms. The van der Waals surface area contributed by atoms with Gasteiger partial charge in [-0.25, -0.2) is 0 Å². The van der Waals surface area contributed by atoms with Crippen LogP contribution in [-0.4, -0.2) is 4.57 Å². The zero-order valence-electron chi connectivity index (χ0n) is 11.1. The van der Waals surface area contributed by atoms with Crippen LogP contribution in [0.4, 0.5) is 0 Å². The Morgan fingerprint density at radius 2 is 1.95 bits per heavy atom. The molecule has 0 amide bonds. The van der Waals surface area contributed by atoms with Crippen molar-refractivity contribution in [2.24, 2.45) is 12.8 Å². The van der Waals surface area contributed by atoms with Crippen LogP contribution in [0.1, 0.15) is 29.5 Å². The lowest BCUT2D eigenvalue weighted by Gasteiger charge is -2.18. The molecule has 0 aliphatic heterocycles. The normalized spacial score (nSPS) is 12.4. The van der Waals surface area contributed by atoms with E-state index in [0.717, 1.165) is 5.56 Å². The first-order chi connectivity index (χ1) is 9.06. The molecule has 0 bridgehead atoms. The highest BCUT2D eigenvalue weighted by atomic mass is 32.1. The molecule has 1 aromatic heterocycles. The molecule has 3 nitrogen and oxygen atoms in total. The van der Waals surface area contributed by atoms with Crippen molar-refractivity contribution in [3.63, 3.8) is 0 Å². The summed E-state index contributed by atoms with van der Waals surface area (Å²) in [5.41, 5.74) is 8.39. The number of thiol groups is 1. The predicted octanol–water partition coefficient (Wildman–Crippen LogP) is 2.28. The smallest absolute Gasteiger partial charge is 0.255 e. The van der Waals surface area contributed by atoms with Crippen molar-refractivity contribution in [1.29, 1.82) is 0 Å². The molecule has 1 atom stereocenters. The van der Waals surface area contributed by atoms with Crippen LogP contribution in [0.2, 0.25) is 0 Å². The van der Waals surface area contributed by atoms with E-state index in [1.165, 1.54) is 5.56 Å². The van der Waals surface area contributed by atoms with Gasteiger partial charge < -0.3 is 10.3 Å². The third kappa shape index (κ3) is 2.60. The van der Waals surface area contributed by atoms with Gasteiger partial charge in [0.15, 0.2) is 0 Å². The largest absolute Gasteiger partial charge is 0.326 e. The van der Waals surface area contributed by atoms with Crippen molar-refractivity contribution in [1.82, 2.24) is 4.57 Å². The maximum atomic E-state index is 12.0. The Kier molecular flexibility index (Phi) is 4.12. The quantitative estimate of drug-likeness (QED) is 0.844. The summed E-state index contributed by atoms with van der Waals surface area (Å²) in [6, 6.07) is 10.2. The Morgan fingerprint density at radius 1 is 1.32 bits per heavy atom. The topological polar surface area (TPSA) is 48.0 Å². The van der Waals surface area contributed by atoms with Crippen molar-refractivity contribution in [2.45, 2.75) is 24.3 Å². The molecule has 2 aromatic rings. The molecule has 0 aliphatic carbocycles. The Hall–Kier alpha value is -1.52. The lowest BCUT2D eigenvalue weighted by Crippen LogP contribution is -2.25. The van der Waals surface area contributed by atoms with Gasteiger partial charge in [0.2, 0.25) is 0 Å². The molecule has 2 rings (SSSR count). The van der Waals surface area contributed by atoms with Crippen molar-refractivity contribution in [3.05, 3.63) is 63.6 Å². The number of nitrogens with two attached hydrogens (primary N) is 1. The fourth-order valence-electron chi connectivity index (χ4n) is 2.24. The molecule has 0 radical (unpaired) electrons. The third-order valence-corrected chi connectivity index (χ3v) is 3.97. The molecule has 2 N–H and O–H groups in total. The highest BCUT2D eigenvalue weighted by molar-refractivity contribution is 7.80. The van der Waals surface area contributed by atoms with Gasteiger partial charge in [0.05, 0.1) is 0 Å². The molecule has 1 unspecified atom stereocenters. The highest BCUT2D eigenvalue weighted by Crippen LogP contribution is 2.29. The zero-order chi connectivity index (χ0) is 14.0. The van der Waals surface area contributed by atoms with Crippen LogP contribution >= 0.6 is 12.6 Å². The molecule has 19 heavy (non-hydrogen) atoms. The summed E-state index contributed by atoms with van der Waals surface area (Å²) in [5, 5.41) is 0. The summed E-state index contributed by atoms with van der Waals surface area (Å²) in [7, 11) is 1.75. The number of hydrogen-bond acceptors (Lipinski definition) is 3. The molecule has 0 saturated carbocycles. The lowest BCUT2D eigenvalue weighted by molar-refractivity contribution is 0.762. The monoisotopic (exact) mass is 274 g/mol. The molecule has 0 aliphatic rings. The van der Waals surface area contributed by atoms with Crippen LogP contribution in [0.5, 0.6) is 0 Å². The second kappa shape index (κ2) is 5.63. The number of aromatic nitrogens is 1. The number of rotatable bonds is 3. The average Bonchev–Trinajstić information content (AvgIpc) is 2.44. The van der Waals surface area contributed by atoms with Crippen molar-refractivity contribution >= 4 is 12.6 Å². The minimum Gasteiger partial charge on any atom is -0.326 e. The summed E-state index contributed by atoms with van der Waals surface area (Å²) >= 11 is 4.50. The fraction of sp³-hybridized carbons (Fsp3) is 0.267. The van der Waals surface area contributed by atoms with E-state index in [-0.39, 0.29) is 18.0 Å². The number of aryl methyl sites for hydroxylation is 1. The number of pyridine rings is 1. The first kappa shape index (κ1) is 13.9. The summed E-state index contributed by atoms with van der Waals surface area (Å²) < 4.78 is 1.58. The summed E-state index contributed by atoms with van der Waals surface area (Å²) in [6.07, 6.45) is 1.85. The number of nitrogens with zero attached hydrogens (tertiary/aromatic N) is 1. The van der Waals surface area contributed by atoms with E-state index in [0.29, 0.717) is 10.5 Å². The van der Waals surface area contributed by atoms with E-state index in [9.17, 15) is 4.79 Å². The van der Waals surface area contributed by atoms with Crippen LogP contribution in [0, 0.1) is 0 Å². The highest BCUT2D eigenvalue weighted by Gasteiger charge is 2.16. The predicted molar refractivity (Wildman–Crippen MR) is 80.8 cm³/mol. The van der Waals surface area contributed by atoms with E-state index in [2.05, 4.69) is 31.7 Å². The van der Waals surface area contributed by atoms with Gasteiger partial charge >= 0.3 is 0 Å². The second-order valence-electron chi connectivity index (χ2n) is 4.66. The molecule has 1 heterocycles. The standard InChI is InChI=1S/C15H18N2OS/c1-10(11-6-4-3-5-7-11)13-9-17(2)15(18)12(8-16)14(13)19/h3-7,9-10,19H,8,16H2,1-2H3. The second-order valence-corrected chi connectivity index (χ2v) is 5.11. The van der Waals surface area contributed by atoms with Gasteiger partial charge in [-0.05, 0) is 11.1 Å². The van der Waals surface area contributed by atoms with Gasteiger partial charge in [0.25, 0.3) is 5.56 Å². The van der Waals surface area contributed by atoms with Gasteiger partial charge in [-0.2, -0.15) is 0 Å². The molecule has 4 heteroatoms. The molecule has 0 saturated heterocycles. The maximum Gasteiger partial charge on any atom is 0.255 e. The molecule has 100 valence electrons. The molecule has 1 aromatic carbocycles. The number of benzene rings is 1. The van der Waals surface area contributed by atoms with Crippen LogP contribution in [0.15, 0.2) is 46.2 Å². The lowest BCUT2D eigenvalue weighted by atomic mass is 9.93. The third-order valence-electron chi connectivity index (χ3n) is 3.44. The first-order valence-corrected chi connectivity index (χ1v) is 6.67. The van der Waals surface area contributed by atoms with Crippen LogP contribution in [0.25, 0.3) is 0 Å². The van der Waals surface area contributed by atoms with E-state index >= 15 is 0 Å². The van der Waals surface area contributed by atoms with Crippen LogP contribution in [-0.2, 0) is 13.6 Å². The zero-order valence-corrected chi connectivity index (χ0v) is 12.0. The average molecular weight is 274 g/mol.